The van der Waals surface area contributed by atoms with E-state index in [1.165, 1.54) is 31.1 Å². The Bertz CT molecular complexity index is 847. The molecule has 0 amide bonds. The molecule has 3 nitrogen and oxygen atoms in total. The molecule has 3 aliphatic carbocycles. The Hall–Kier alpha value is -1.16. The number of hydrogen-bond acceptors (Lipinski definition) is 3. The van der Waals surface area contributed by atoms with Gasteiger partial charge in [-0.2, -0.15) is 0 Å². The lowest BCUT2D eigenvalue weighted by Gasteiger charge is -2.44. The molecule has 31 heavy (non-hydrogen) atoms. The Morgan fingerprint density at radius 3 is 2.61 bits per heavy atom. The van der Waals surface area contributed by atoms with Gasteiger partial charge in [0.1, 0.15) is 5.60 Å². The van der Waals surface area contributed by atoms with Crippen LogP contribution in [0.4, 0.5) is 0 Å². The van der Waals surface area contributed by atoms with Crippen LogP contribution in [-0.4, -0.2) is 32.6 Å². The fourth-order valence-corrected chi connectivity index (χ4v) is 6.17. The van der Waals surface area contributed by atoms with Gasteiger partial charge in [-0.3, -0.25) is 0 Å². The van der Waals surface area contributed by atoms with Crippen LogP contribution in [0.25, 0.3) is 0 Å². The summed E-state index contributed by atoms with van der Waals surface area (Å²) < 4.78 is 23.4. The second-order valence-electron chi connectivity index (χ2n) is 11.1. The van der Waals surface area contributed by atoms with E-state index in [1.807, 2.05) is 6.08 Å². The zero-order chi connectivity index (χ0) is 25.5. The van der Waals surface area contributed by atoms with Crippen LogP contribution in [-0.2, 0) is 0 Å². The van der Waals surface area contributed by atoms with E-state index < -0.39 is 18.1 Å². The minimum Gasteiger partial charge on any atom is -0.393 e. The van der Waals surface area contributed by atoms with Gasteiger partial charge in [-0.15, -0.1) is 0 Å². The molecule has 3 N–H and O–H groups in total. The summed E-state index contributed by atoms with van der Waals surface area (Å²) in [5.74, 6) is 0.938. The van der Waals surface area contributed by atoms with Gasteiger partial charge < -0.3 is 15.3 Å². The molecule has 6 atom stereocenters. The number of allylic oxidation sites excluding steroid dienone is 5. The SMILES string of the molecule is [2H]C([2H])([2H])C(O)(C=CC(C)C1CCC2C(=CC=C3CC(O)CCC3=C)CCCC21C)C(C)(C)O. The van der Waals surface area contributed by atoms with E-state index in [4.69, 9.17) is 4.11 Å². The smallest absolute Gasteiger partial charge is 0.108 e. The van der Waals surface area contributed by atoms with Crippen molar-refractivity contribution in [3.05, 3.63) is 47.6 Å². The van der Waals surface area contributed by atoms with Gasteiger partial charge in [0.2, 0.25) is 0 Å². The summed E-state index contributed by atoms with van der Waals surface area (Å²) in [5.41, 5.74) is -0.200. The van der Waals surface area contributed by atoms with Gasteiger partial charge in [0, 0.05) is 4.11 Å². The standard InChI is InChI=1S/C28H44O3/c1-19-9-12-23(29)18-22(19)11-10-21-8-7-16-27(5)24(13-14-25(21)27)20(2)15-17-28(6,31)26(3,4)30/h10-11,15,17,20,23-25,29-31H,1,7-9,12-14,16,18H2,2-6H3/i6D3. The molecule has 0 bridgehead atoms. The average Bonchev–Trinajstić information content (AvgIpc) is 3.08. The molecule has 0 heterocycles. The van der Waals surface area contributed by atoms with Crippen LogP contribution >= 0.6 is 0 Å². The molecule has 6 unspecified atom stereocenters. The summed E-state index contributed by atoms with van der Waals surface area (Å²) in [6.45, 7) is 8.62. The Morgan fingerprint density at radius 1 is 1.19 bits per heavy atom. The monoisotopic (exact) mass is 431 g/mol. The molecule has 0 aromatic rings. The molecular formula is C28H44O3. The summed E-state index contributed by atoms with van der Waals surface area (Å²) >= 11 is 0. The number of aliphatic hydroxyl groups excluding tert-OH is 1. The molecule has 0 spiro atoms. The number of rotatable bonds is 5. The van der Waals surface area contributed by atoms with Crippen molar-refractivity contribution in [3.63, 3.8) is 0 Å². The Labute approximate surface area is 193 Å². The quantitative estimate of drug-likeness (QED) is 0.477. The van der Waals surface area contributed by atoms with Gasteiger partial charge in [0.15, 0.2) is 0 Å². The first kappa shape index (κ1) is 20.4. The lowest BCUT2D eigenvalue weighted by Crippen LogP contribution is -2.46. The molecule has 3 fully saturated rings. The van der Waals surface area contributed by atoms with Crippen LogP contribution in [0.1, 0.15) is 90.0 Å². The van der Waals surface area contributed by atoms with Crippen LogP contribution < -0.4 is 0 Å². The zero-order valence-corrected chi connectivity index (χ0v) is 19.8. The molecule has 3 rings (SSSR count). The molecule has 0 aliphatic heterocycles. The highest BCUT2D eigenvalue weighted by Crippen LogP contribution is 2.59. The number of fused-ring (bicyclic) bond motifs is 1. The lowest BCUT2D eigenvalue weighted by atomic mass is 9.61. The molecule has 3 saturated carbocycles. The van der Waals surface area contributed by atoms with Gasteiger partial charge in [-0.25, -0.2) is 0 Å². The third-order valence-corrected chi connectivity index (χ3v) is 8.43. The molecular weight excluding hydrogens is 384 g/mol. The van der Waals surface area contributed by atoms with E-state index in [9.17, 15) is 15.3 Å². The van der Waals surface area contributed by atoms with Gasteiger partial charge in [-0.1, -0.05) is 55.9 Å². The first-order chi connectivity index (χ1) is 15.6. The van der Waals surface area contributed by atoms with E-state index in [0.29, 0.717) is 18.3 Å². The Morgan fingerprint density at radius 2 is 1.94 bits per heavy atom. The third kappa shape index (κ3) is 5.10. The van der Waals surface area contributed by atoms with E-state index in [-0.39, 0.29) is 17.4 Å². The predicted molar refractivity (Wildman–Crippen MR) is 129 cm³/mol. The van der Waals surface area contributed by atoms with Crippen molar-refractivity contribution in [2.75, 3.05) is 0 Å². The summed E-state index contributed by atoms with van der Waals surface area (Å²) in [6, 6.07) is 0. The number of aliphatic hydroxyl groups is 3. The van der Waals surface area contributed by atoms with E-state index in [1.54, 1.807) is 0 Å². The lowest BCUT2D eigenvalue weighted by molar-refractivity contribution is -0.0886. The molecule has 3 heteroatoms. The van der Waals surface area contributed by atoms with Crippen molar-refractivity contribution in [2.45, 2.75) is 103 Å². The average molecular weight is 432 g/mol. The second-order valence-corrected chi connectivity index (χ2v) is 11.1. The molecule has 0 aromatic heterocycles. The summed E-state index contributed by atoms with van der Waals surface area (Å²) in [6.07, 6.45) is 15.2. The van der Waals surface area contributed by atoms with Crippen LogP contribution in [0.15, 0.2) is 47.6 Å². The van der Waals surface area contributed by atoms with Crippen LogP contribution in [0, 0.1) is 23.2 Å². The highest BCUT2D eigenvalue weighted by atomic mass is 16.3. The molecule has 174 valence electrons. The third-order valence-electron chi connectivity index (χ3n) is 8.43. The van der Waals surface area contributed by atoms with Crippen molar-refractivity contribution in [1.82, 2.24) is 0 Å². The molecule has 3 aliphatic rings. The Balaban J connectivity index is 1.81. The second kappa shape index (κ2) is 9.00. The van der Waals surface area contributed by atoms with E-state index in [2.05, 4.69) is 32.6 Å². The minimum absolute atomic E-state index is 0.0807. The van der Waals surface area contributed by atoms with Gasteiger partial charge in [-0.05, 0) is 101 Å². The Kier molecular flexibility index (Phi) is 5.94. The molecule has 0 aromatic carbocycles. The first-order valence-corrected chi connectivity index (χ1v) is 12.0. The highest BCUT2D eigenvalue weighted by molar-refractivity contribution is 5.36. The summed E-state index contributed by atoms with van der Waals surface area (Å²) in [5, 5.41) is 31.4. The zero-order valence-electron chi connectivity index (χ0n) is 22.8. The van der Waals surface area contributed by atoms with E-state index in [0.717, 1.165) is 50.5 Å². The maximum Gasteiger partial charge on any atom is 0.108 e. The first-order valence-electron chi connectivity index (χ1n) is 13.5. The molecule has 0 radical (unpaired) electrons. The van der Waals surface area contributed by atoms with Crippen molar-refractivity contribution >= 4 is 0 Å². The van der Waals surface area contributed by atoms with Crippen LogP contribution in [0.5, 0.6) is 0 Å². The van der Waals surface area contributed by atoms with Gasteiger partial charge in [0.05, 0.1) is 11.7 Å². The largest absolute Gasteiger partial charge is 0.393 e. The van der Waals surface area contributed by atoms with Crippen molar-refractivity contribution in [2.24, 2.45) is 23.2 Å². The summed E-state index contributed by atoms with van der Waals surface area (Å²) in [4.78, 5) is 0. The minimum atomic E-state index is -2.73. The van der Waals surface area contributed by atoms with Crippen LogP contribution in [0.3, 0.4) is 0 Å². The van der Waals surface area contributed by atoms with Gasteiger partial charge >= 0.3 is 0 Å². The maximum absolute atomic E-state index is 10.9. The van der Waals surface area contributed by atoms with Crippen molar-refractivity contribution in [1.29, 1.82) is 0 Å². The van der Waals surface area contributed by atoms with Gasteiger partial charge in [0.25, 0.3) is 0 Å². The maximum atomic E-state index is 10.9. The fourth-order valence-electron chi connectivity index (χ4n) is 6.17. The normalized spacial score (nSPS) is 39.8. The highest BCUT2D eigenvalue weighted by Gasteiger charge is 2.50. The van der Waals surface area contributed by atoms with Crippen molar-refractivity contribution in [3.8, 4) is 0 Å². The topological polar surface area (TPSA) is 60.7 Å². The molecule has 0 saturated heterocycles. The van der Waals surface area contributed by atoms with E-state index >= 15 is 0 Å². The van der Waals surface area contributed by atoms with Crippen LogP contribution in [0.2, 0.25) is 0 Å². The number of hydrogen-bond donors (Lipinski definition) is 3. The summed E-state index contributed by atoms with van der Waals surface area (Å²) in [7, 11) is 0. The van der Waals surface area contributed by atoms with Crippen molar-refractivity contribution < 1.29 is 19.4 Å². The predicted octanol–water partition coefficient (Wildman–Crippen LogP) is 5.87. The fraction of sp³-hybridized carbons (Fsp3) is 0.714.